The first-order valence-electron chi connectivity index (χ1n) is 5.45. The van der Waals surface area contributed by atoms with Gasteiger partial charge in [-0.3, -0.25) is 4.79 Å². The summed E-state index contributed by atoms with van der Waals surface area (Å²) in [7, 11) is 0. The van der Waals surface area contributed by atoms with Gasteiger partial charge >= 0.3 is 0 Å². The predicted molar refractivity (Wildman–Crippen MR) is 64.5 cm³/mol. The van der Waals surface area contributed by atoms with Crippen LogP contribution in [0.25, 0.3) is 10.9 Å². The third kappa shape index (κ3) is 2.14. The van der Waals surface area contributed by atoms with Crippen LogP contribution >= 0.6 is 0 Å². The molecule has 1 atom stereocenters. The second-order valence-electron chi connectivity index (χ2n) is 4.03. The Morgan fingerprint density at radius 1 is 1.31 bits per heavy atom. The van der Waals surface area contributed by atoms with Crippen LogP contribution in [0.1, 0.15) is 13.3 Å². The van der Waals surface area contributed by atoms with Gasteiger partial charge in [0.25, 0.3) is 0 Å². The van der Waals surface area contributed by atoms with E-state index in [1.807, 2.05) is 28.8 Å². The zero-order chi connectivity index (χ0) is 11.5. The topological polar surface area (TPSA) is 42.2 Å². The highest BCUT2D eigenvalue weighted by atomic mass is 16.3. The van der Waals surface area contributed by atoms with Crippen LogP contribution in [-0.2, 0) is 6.54 Å². The lowest BCUT2D eigenvalue weighted by molar-refractivity contribution is 0.178. The number of para-hydroxylation sites is 1. The minimum Gasteiger partial charge on any atom is -0.393 e. The molecule has 0 spiro atoms. The number of hydrogen-bond donors (Lipinski definition) is 1. The number of fused-ring (bicyclic) bond motifs is 1. The molecule has 0 radical (unpaired) electrons. The normalized spacial score (nSPS) is 12.9. The molecular weight excluding hydrogens is 202 g/mol. The van der Waals surface area contributed by atoms with Gasteiger partial charge in [0.05, 0.1) is 11.6 Å². The lowest BCUT2D eigenvalue weighted by Crippen LogP contribution is -2.11. The number of aliphatic hydroxyl groups is 1. The number of hydrogen-bond acceptors (Lipinski definition) is 2. The molecule has 0 aliphatic rings. The Morgan fingerprint density at radius 3 is 2.81 bits per heavy atom. The van der Waals surface area contributed by atoms with Crippen molar-refractivity contribution in [2.45, 2.75) is 26.0 Å². The Bertz CT molecular complexity index is 543. The zero-order valence-electron chi connectivity index (χ0n) is 9.26. The fourth-order valence-corrected chi connectivity index (χ4v) is 1.78. The summed E-state index contributed by atoms with van der Waals surface area (Å²) in [6, 6.07) is 9.11. The number of nitrogens with zero attached hydrogens (tertiary/aromatic N) is 1. The third-order valence-electron chi connectivity index (χ3n) is 2.67. The first-order valence-corrected chi connectivity index (χ1v) is 5.45. The SMILES string of the molecule is CC(O)CCn1ccc(=O)c2ccccc21. The summed E-state index contributed by atoms with van der Waals surface area (Å²) in [5.74, 6) is 0. The van der Waals surface area contributed by atoms with Crippen molar-refractivity contribution in [2.24, 2.45) is 0 Å². The van der Waals surface area contributed by atoms with E-state index in [0.717, 1.165) is 17.4 Å². The molecule has 2 rings (SSSR count). The third-order valence-corrected chi connectivity index (χ3v) is 2.67. The molecule has 0 fully saturated rings. The second-order valence-corrected chi connectivity index (χ2v) is 4.03. The number of benzene rings is 1. The van der Waals surface area contributed by atoms with Gasteiger partial charge in [0.2, 0.25) is 0 Å². The molecule has 1 N–H and O–H groups in total. The van der Waals surface area contributed by atoms with E-state index in [4.69, 9.17) is 0 Å². The summed E-state index contributed by atoms with van der Waals surface area (Å²) in [4.78, 5) is 11.6. The van der Waals surface area contributed by atoms with Crippen molar-refractivity contribution in [3.8, 4) is 0 Å². The van der Waals surface area contributed by atoms with Crippen LogP contribution < -0.4 is 5.43 Å². The molecule has 0 aliphatic heterocycles. The van der Waals surface area contributed by atoms with E-state index in [1.165, 1.54) is 0 Å². The average molecular weight is 217 g/mol. The zero-order valence-corrected chi connectivity index (χ0v) is 9.26. The van der Waals surface area contributed by atoms with Crippen molar-refractivity contribution in [2.75, 3.05) is 0 Å². The monoisotopic (exact) mass is 217 g/mol. The van der Waals surface area contributed by atoms with Crippen LogP contribution in [0.5, 0.6) is 0 Å². The lowest BCUT2D eigenvalue weighted by atomic mass is 10.2. The number of pyridine rings is 1. The molecule has 3 nitrogen and oxygen atoms in total. The van der Waals surface area contributed by atoms with Crippen LogP contribution in [-0.4, -0.2) is 15.8 Å². The van der Waals surface area contributed by atoms with E-state index >= 15 is 0 Å². The van der Waals surface area contributed by atoms with E-state index < -0.39 is 0 Å². The summed E-state index contributed by atoms with van der Waals surface area (Å²) in [6.07, 6.45) is 2.15. The molecule has 0 bridgehead atoms. The smallest absolute Gasteiger partial charge is 0.189 e. The van der Waals surface area contributed by atoms with Crippen LogP contribution in [0.2, 0.25) is 0 Å². The molecule has 0 saturated carbocycles. The summed E-state index contributed by atoms with van der Waals surface area (Å²) in [5.41, 5.74) is 0.972. The van der Waals surface area contributed by atoms with Gasteiger partial charge in [-0.1, -0.05) is 12.1 Å². The summed E-state index contributed by atoms with van der Waals surface area (Å²) >= 11 is 0. The summed E-state index contributed by atoms with van der Waals surface area (Å²) in [5, 5.41) is 10.00. The average Bonchev–Trinajstić information content (AvgIpc) is 2.28. The van der Waals surface area contributed by atoms with E-state index in [2.05, 4.69) is 0 Å². The van der Waals surface area contributed by atoms with E-state index in [1.54, 1.807) is 19.2 Å². The first kappa shape index (κ1) is 10.9. The van der Waals surface area contributed by atoms with Gasteiger partial charge in [-0.05, 0) is 25.5 Å². The minimum atomic E-state index is -0.321. The molecule has 1 heterocycles. The molecule has 3 heteroatoms. The molecule has 0 saturated heterocycles. The van der Waals surface area contributed by atoms with Crippen molar-refractivity contribution in [3.05, 3.63) is 46.8 Å². The maximum atomic E-state index is 11.6. The predicted octanol–water partition coefficient (Wildman–Crippen LogP) is 1.77. The van der Waals surface area contributed by atoms with Crippen molar-refractivity contribution >= 4 is 10.9 Å². The highest BCUT2D eigenvalue weighted by molar-refractivity contribution is 5.78. The highest BCUT2D eigenvalue weighted by Gasteiger charge is 2.02. The fourth-order valence-electron chi connectivity index (χ4n) is 1.78. The molecular formula is C13H15NO2. The Morgan fingerprint density at radius 2 is 2.06 bits per heavy atom. The van der Waals surface area contributed by atoms with Crippen LogP contribution in [0.4, 0.5) is 0 Å². The maximum Gasteiger partial charge on any atom is 0.189 e. The van der Waals surface area contributed by atoms with Gasteiger partial charge in [0, 0.05) is 24.2 Å². The minimum absolute atomic E-state index is 0.0453. The van der Waals surface area contributed by atoms with Crippen molar-refractivity contribution < 1.29 is 5.11 Å². The van der Waals surface area contributed by atoms with E-state index in [0.29, 0.717) is 6.42 Å². The van der Waals surface area contributed by atoms with Gasteiger partial charge in [-0.15, -0.1) is 0 Å². The van der Waals surface area contributed by atoms with Crippen molar-refractivity contribution in [1.29, 1.82) is 0 Å². The molecule has 1 unspecified atom stereocenters. The maximum absolute atomic E-state index is 11.6. The Balaban J connectivity index is 2.46. The Labute approximate surface area is 94.0 Å². The first-order chi connectivity index (χ1) is 7.68. The molecule has 16 heavy (non-hydrogen) atoms. The van der Waals surface area contributed by atoms with E-state index in [-0.39, 0.29) is 11.5 Å². The molecule has 1 aromatic heterocycles. The van der Waals surface area contributed by atoms with Gasteiger partial charge in [0.15, 0.2) is 5.43 Å². The molecule has 84 valence electrons. The van der Waals surface area contributed by atoms with Gasteiger partial charge in [0.1, 0.15) is 0 Å². The Kier molecular flexibility index (Phi) is 3.06. The quantitative estimate of drug-likeness (QED) is 0.851. The second kappa shape index (κ2) is 4.49. The van der Waals surface area contributed by atoms with Gasteiger partial charge < -0.3 is 9.67 Å². The summed E-state index contributed by atoms with van der Waals surface area (Å²) < 4.78 is 2.00. The molecule has 1 aromatic carbocycles. The van der Waals surface area contributed by atoms with E-state index in [9.17, 15) is 9.90 Å². The number of aromatic nitrogens is 1. The highest BCUT2D eigenvalue weighted by Crippen LogP contribution is 2.10. The van der Waals surface area contributed by atoms with Crippen molar-refractivity contribution in [1.82, 2.24) is 4.57 Å². The van der Waals surface area contributed by atoms with Crippen LogP contribution in [0.3, 0.4) is 0 Å². The summed E-state index contributed by atoms with van der Waals surface area (Å²) in [6.45, 7) is 2.49. The molecule has 0 amide bonds. The van der Waals surface area contributed by atoms with Gasteiger partial charge in [-0.25, -0.2) is 0 Å². The van der Waals surface area contributed by atoms with Crippen molar-refractivity contribution in [3.63, 3.8) is 0 Å². The number of aliphatic hydroxyl groups excluding tert-OH is 1. The standard InChI is InChI=1S/C13H15NO2/c1-10(15)6-8-14-9-7-13(16)11-4-2-3-5-12(11)14/h2-5,7,9-10,15H,6,8H2,1H3. The number of rotatable bonds is 3. The fraction of sp³-hybridized carbons (Fsp3) is 0.308. The largest absolute Gasteiger partial charge is 0.393 e. The molecule has 2 aromatic rings. The molecule has 0 aliphatic carbocycles. The van der Waals surface area contributed by atoms with Gasteiger partial charge in [-0.2, -0.15) is 0 Å². The number of aryl methyl sites for hydroxylation is 1. The Hall–Kier alpha value is -1.61. The lowest BCUT2D eigenvalue weighted by Gasteiger charge is -2.11. The van der Waals surface area contributed by atoms with Crippen LogP contribution in [0, 0.1) is 0 Å². The van der Waals surface area contributed by atoms with Crippen LogP contribution in [0.15, 0.2) is 41.3 Å².